The zero-order valence-electron chi connectivity index (χ0n) is 11.2. The summed E-state index contributed by atoms with van der Waals surface area (Å²) in [5, 5.41) is 6.31. The van der Waals surface area contributed by atoms with Crippen LogP contribution >= 0.6 is 0 Å². The molecule has 0 bridgehead atoms. The van der Waals surface area contributed by atoms with Crippen molar-refractivity contribution < 1.29 is 9.53 Å². The Kier molecular flexibility index (Phi) is 3.22. The van der Waals surface area contributed by atoms with Crippen LogP contribution in [-0.2, 0) is 4.74 Å². The van der Waals surface area contributed by atoms with Gasteiger partial charge in [-0.25, -0.2) is 4.79 Å². The number of nitrogens with one attached hydrogen (secondary N) is 2. The van der Waals surface area contributed by atoms with Crippen molar-refractivity contribution in [2.75, 3.05) is 13.2 Å². The summed E-state index contributed by atoms with van der Waals surface area (Å²) >= 11 is 0. The van der Waals surface area contributed by atoms with Gasteiger partial charge in [0.15, 0.2) is 0 Å². The Hall–Kier alpha value is -0.770. The van der Waals surface area contributed by atoms with Gasteiger partial charge in [0.25, 0.3) is 0 Å². The van der Waals surface area contributed by atoms with E-state index in [1.54, 1.807) is 0 Å². The quantitative estimate of drug-likeness (QED) is 0.804. The molecular weight excluding hydrogens is 228 g/mol. The molecule has 1 heterocycles. The lowest BCUT2D eigenvalue weighted by molar-refractivity contribution is 0.0799. The molecule has 102 valence electrons. The van der Waals surface area contributed by atoms with Gasteiger partial charge in [0.1, 0.15) is 0 Å². The molecule has 18 heavy (non-hydrogen) atoms. The number of amides is 2. The summed E-state index contributed by atoms with van der Waals surface area (Å²) in [5.41, 5.74) is 0.144. The molecule has 2 atom stereocenters. The summed E-state index contributed by atoms with van der Waals surface area (Å²) in [6.45, 7) is 3.86. The van der Waals surface area contributed by atoms with Gasteiger partial charge in [0, 0.05) is 24.8 Å². The van der Waals surface area contributed by atoms with Gasteiger partial charge >= 0.3 is 6.03 Å². The first kappa shape index (κ1) is 12.3. The molecule has 0 aromatic rings. The van der Waals surface area contributed by atoms with E-state index in [9.17, 15) is 4.79 Å². The minimum Gasteiger partial charge on any atom is -0.381 e. The predicted octanol–water partition coefficient (Wildman–Crippen LogP) is 2.04. The number of carbonyl (C=O) groups is 1. The van der Waals surface area contributed by atoms with Gasteiger partial charge in [0.05, 0.1) is 0 Å². The van der Waals surface area contributed by atoms with Crippen molar-refractivity contribution in [2.45, 2.75) is 57.0 Å². The molecule has 0 aromatic heterocycles. The van der Waals surface area contributed by atoms with E-state index >= 15 is 0 Å². The van der Waals surface area contributed by atoms with Crippen LogP contribution in [0, 0.1) is 11.8 Å². The van der Waals surface area contributed by atoms with Crippen molar-refractivity contribution in [1.82, 2.24) is 10.6 Å². The maximum atomic E-state index is 12.0. The molecule has 0 spiro atoms. The standard InChI is InChI=1S/C14H24N2O2/c1-10-8-11(10)9-14(4-5-14)16-13(17)15-12-2-6-18-7-3-12/h10-12H,2-9H2,1H3,(H2,15,16,17)/t10-,11?/m0/s1. The molecule has 2 N–H and O–H groups in total. The zero-order valence-corrected chi connectivity index (χ0v) is 11.2. The average molecular weight is 252 g/mol. The molecule has 4 nitrogen and oxygen atoms in total. The maximum absolute atomic E-state index is 12.0. The second-order valence-corrected chi connectivity index (χ2v) is 6.44. The van der Waals surface area contributed by atoms with Crippen LogP contribution in [0.5, 0.6) is 0 Å². The highest BCUT2D eigenvalue weighted by Gasteiger charge is 2.49. The Balaban J connectivity index is 1.42. The highest BCUT2D eigenvalue weighted by molar-refractivity contribution is 5.75. The van der Waals surface area contributed by atoms with Crippen LogP contribution in [0.2, 0.25) is 0 Å². The molecular formula is C14H24N2O2. The molecule has 3 aliphatic rings. The lowest BCUT2D eigenvalue weighted by atomic mass is 10.1. The van der Waals surface area contributed by atoms with Crippen LogP contribution in [0.15, 0.2) is 0 Å². The lowest BCUT2D eigenvalue weighted by Crippen LogP contribution is -2.49. The highest BCUT2D eigenvalue weighted by atomic mass is 16.5. The van der Waals surface area contributed by atoms with E-state index in [0.29, 0.717) is 6.04 Å². The summed E-state index contributed by atoms with van der Waals surface area (Å²) in [6, 6.07) is 0.335. The number of ether oxygens (including phenoxy) is 1. The first-order valence-corrected chi connectivity index (χ1v) is 7.33. The number of carbonyl (C=O) groups excluding carboxylic acids is 1. The van der Waals surface area contributed by atoms with Crippen molar-refractivity contribution in [1.29, 1.82) is 0 Å². The first-order valence-electron chi connectivity index (χ1n) is 7.33. The third-order valence-corrected chi connectivity index (χ3v) is 4.72. The Morgan fingerprint density at radius 3 is 2.56 bits per heavy atom. The van der Waals surface area contributed by atoms with E-state index in [4.69, 9.17) is 4.74 Å². The molecule has 3 rings (SSSR count). The van der Waals surface area contributed by atoms with E-state index in [2.05, 4.69) is 17.6 Å². The Bertz CT molecular complexity index is 322. The maximum Gasteiger partial charge on any atom is 0.315 e. The average Bonchev–Trinajstić information content (AvgIpc) is 3.23. The summed E-state index contributed by atoms with van der Waals surface area (Å²) in [4.78, 5) is 12.0. The molecule has 2 saturated carbocycles. The zero-order chi connectivity index (χ0) is 12.6. The van der Waals surface area contributed by atoms with E-state index < -0.39 is 0 Å². The third kappa shape index (κ3) is 2.97. The van der Waals surface area contributed by atoms with Crippen molar-refractivity contribution >= 4 is 6.03 Å². The summed E-state index contributed by atoms with van der Waals surface area (Å²) < 4.78 is 5.30. The SMILES string of the molecule is C[C@H]1CC1CC1(NC(=O)NC2CCOCC2)CC1. The lowest BCUT2D eigenvalue weighted by Gasteiger charge is -2.25. The van der Waals surface area contributed by atoms with Crippen LogP contribution in [0.4, 0.5) is 4.79 Å². The van der Waals surface area contributed by atoms with Gasteiger partial charge in [-0.05, 0) is 50.4 Å². The minimum absolute atomic E-state index is 0.0349. The van der Waals surface area contributed by atoms with Gasteiger partial charge in [-0.1, -0.05) is 6.92 Å². The highest BCUT2D eigenvalue weighted by Crippen LogP contribution is 2.50. The van der Waals surface area contributed by atoms with E-state index in [0.717, 1.165) is 50.7 Å². The topological polar surface area (TPSA) is 50.4 Å². The molecule has 4 heteroatoms. The normalized spacial score (nSPS) is 33.8. The van der Waals surface area contributed by atoms with E-state index in [1.165, 1.54) is 12.8 Å². The van der Waals surface area contributed by atoms with Gasteiger partial charge in [-0.2, -0.15) is 0 Å². The van der Waals surface area contributed by atoms with Gasteiger partial charge in [-0.3, -0.25) is 0 Å². The largest absolute Gasteiger partial charge is 0.381 e. The van der Waals surface area contributed by atoms with Crippen molar-refractivity contribution in [3.8, 4) is 0 Å². The number of urea groups is 1. The van der Waals surface area contributed by atoms with Gasteiger partial charge in [-0.15, -0.1) is 0 Å². The molecule has 1 aliphatic heterocycles. The third-order valence-electron chi connectivity index (χ3n) is 4.72. The van der Waals surface area contributed by atoms with Gasteiger partial charge < -0.3 is 15.4 Å². The Morgan fingerprint density at radius 2 is 2.00 bits per heavy atom. The Labute approximate surface area is 109 Å². The van der Waals surface area contributed by atoms with Gasteiger partial charge in [0.2, 0.25) is 0 Å². The summed E-state index contributed by atoms with van der Waals surface area (Å²) in [5.74, 6) is 1.73. The van der Waals surface area contributed by atoms with Crippen molar-refractivity contribution in [3.63, 3.8) is 0 Å². The van der Waals surface area contributed by atoms with Crippen LogP contribution in [-0.4, -0.2) is 30.8 Å². The summed E-state index contributed by atoms with van der Waals surface area (Å²) in [6.07, 6.45) is 6.76. The molecule has 2 aliphatic carbocycles. The minimum atomic E-state index is 0.0349. The second kappa shape index (κ2) is 4.72. The smallest absolute Gasteiger partial charge is 0.315 e. The monoisotopic (exact) mass is 252 g/mol. The van der Waals surface area contributed by atoms with Crippen LogP contribution < -0.4 is 10.6 Å². The van der Waals surface area contributed by atoms with Crippen LogP contribution in [0.25, 0.3) is 0 Å². The number of hydrogen-bond donors (Lipinski definition) is 2. The molecule has 3 fully saturated rings. The molecule has 0 radical (unpaired) electrons. The van der Waals surface area contributed by atoms with E-state index in [1.807, 2.05) is 0 Å². The molecule has 0 aromatic carbocycles. The second-order valence-electron chi connectivity index (χ2n) is 6.44. The fraction of sp³-hybridized carbons (Fsp3) is 0.929. The first-order chi connectivity index (χ1) is 8.67. The molecule has 2 amide bonds. The van der Waals surface area contributed by atoms with Crippen molar-refractivity contribution in [2.24, 2.45) is 11.8 Å². The molecule has 1 unspecified atom stereocenters. The predicted molar refractivity (Wildman–Crippen MR) is 69.4 cm³/mol. The number of hydrogen-bond acceptors (Lipinski definition) is 2. The number of rotatable bonds is 4. The molecule has 1 saturated heterocycles. The fourth-order valence-corrected chi connectivity index (χ4v) is 3.02. The van der Waals surface area contributed by atoms with Crippen molar-refractivity contribution in [3.05, 3.63) is 0 Å². The summed E-state index contributed by atoms with van der Waals surface area (Å²) in [7, 11) is 0. The van der Waals surface area contributed by atoms with Crippen LogP contribution in [0.1, 0.15) is 45.4 Å². The Morgan fingerprint density at radius 1 is 1.33 bits per heavy atom. The van der Waals surface area contributed by atoms with Crippen LogP contribution in [0.3, 0.4) is 0 Å². The fourth-order valence-electron chi connectivity index (χ4n) is 3.02. The van der Waals surface area contributed by atoms with E-state index in [-0.39, 0.29) is 11.6 Å².